The van der Waals surface area contributed by atoms with E-state index in [1.807, 2.05) is 0 Å². The van der Waals surface area contributed by atoms with Gasteiger partial charge in [0.1, 0.15) is 5.78 Å². The standard InChI is InChI=1S/C13H22O3/c1-15-13(7-3-8-13)10-11(14)5-6-12-4-2-9-16-12/h12H,2-10H2,1H3. The second-order valence-corrected chi connectivity index (χ2v) is 5.13. The Kier molecular flexibility index (Phi) is 3.98. The topological polar surface area (TPSA) is 35.5 Å². The van der Waals surface area contributed by atoms with Crippen molar-refractivity contribution in [2.75, 3.05) is 13.7 Å². The lowest BCUT2D eigenvalue weighted by atomic mass is 9.76. The van der Waals surface area contributed by atoms with Crippen molar-refractivity contribution in [2.45, 2.75) is 63.1 Å². The lowest BCUT2D eigenvalue weighted by Crippen LogP contribution is -2.41. The van der Waals surface area contributed by atoms with E-state index in [0.29, 0.717) is 24.7 Å². The Morgan fingerprint density at radius 2 is 2.25 bits per heavy atom. The van der Waals surface area contributed by atoms with Gasteiger partial charge in [-0.1, -0.05) is 0 Å². The van der Waals surface area contributed by atoms with Crippen LogP contribution in [0, 0.1) is 0 Å². The number of ketones is 1. The highest BCUT2D eigenvalue weighted by atomic mass is 16.5. The summed E-state index contributed by atoms with van der Waals surface area (Å²) in [7, 11) is 1.73. The summed E-state index contributed by atoms with van der Waals surface area (Å²) in [6.07, 6.45) is 8.09. The number of carbonyl (C=O) groups excluding carboxylic acids is 1. The van der Waals surface area contributed by atoms with Gasteiger partial charge in [0.2, 0.25) is 0 Å². The number of rotatable bonds is 6. The van der Waals surface area contributed by atoms with Crippen LogP contribution in [0.2, 0.25) is 0 Å². The summed E-state index contributed by atoms with van der Waals surface area (Å²) < 4.78 is 11.0. The number of carbonyl (C=O) groups is 1. The molecular formula is C13H22O3. The summed E-state index contributed by atoms with van der Waals surface area (Å²) in [4.78, 5) is 11.8. The van der Waals surface area contributed by atoms with Crippen LogP contribution in [0.1, 0.15) is 51.4 Å². The molecule has 1 atom stereocenters. The molecule has 1 aliphatic heterocycles. The van der Waals surface area contributed by atoms with E-state index in [-0.39, 0.29) is 5.60 Å². The van der Waals surface area contributed by atoms with Gasteiger partial charge in [-0.3, -0.25) is 4.79 Å². The lowest BCUT2D eigenvalue weighted by Gasteiger charge is -2.40. The first-order valence-corrected chi connectivity index (χ1v) is 6.43. The zero-order valence-electron chi connectivity index (χ0n) is 10.2. The molecule has 1 aliphatic carbocycles. The van der Waals surface area contributed by atoms with Crippen molar-refractivity contribution in [2.24, 2.45) is 0 Å². The van der Waals surface area contributed by atoms with Gasteiger partial charge < -0.3 is 9.47 Å². The first-order chi connectivity index (χ1) is 7.74. The molecule has 3 nitrogen and oxygen atoms in total. The Hall–Kier alpha value is -0.410. The molecule has 92 valence electrons. The predicted molar refractivity (Wildman–Crippen MR) is 61.4 cm³/mol. The SMILES string of the molecule is COC1(CC(=O)CCC2CCCO2)CCC1. The Balaban J connectivity index is 1.67. The Morgan fingerprint density at radius 1 is 1.44 bits per heavy atom. The number of Topliss-reactive ketones (excluding diaryl/α,β-unsaturated/α-hetero) is 1. The molecule has 3 heteroatoms. The summed E-state index contributed by atoms with van der Waals surface area (Å²) >= 11 is 0. The molecule has 0 aromatic rings. The number of hydrogen-bond donors (Lipinski definition) is 0. The van der Waals surface area contributed by atoms with Crippen LogP contribution in [0.25, 0.3) is 0 Å². The van der Waals surface area contributed by atoms with E-state index in [4.69, 9.17) is 9.47 Å². The normalized spacial score (nSPS) is 27.7. The van der Waals surface area contributed by atoms with Crippen molar-refractivity contribution in [1.82, 2.24) is 0 Å². The fraction of sp³-hybridized carbons (Fsp3) is 0.923. The van der Waals surface area contributed by atoms with Crippen molar-refractivity contribution >= 4 is 5.78 Å². The van der Waals surface area contributed by atoms with Crippen LogP contribution in [-0.2, 0) is 14.3 Å². The van der Waals surface area contributed by atoms with E-state index >= 15 is 0 Å². The maximum Gasteiger partial charge on any atom is 0.135 e. The zero-order chi connectivity index (χ0) is 11.4. The van der Waals surface area contributed by atoms with Crippen LogP contribution < -0.4 is 0 Å². The van der Waals surface area contributed by atoms with Gasteiger partial charge in [0.05, 0.1) is 11.7 Å². The molecule has 16 heavy (non-hydrogen) atoms. The van der Waals surface area contributed by atoms with Crippen molar-refractivity contribution in [3.05, 3.63) is 0 Å². The van der Waals surface area contributed by atoms with E-state index in [9.17, 15) is 4.79 Å². The molecule has 0 bridgehead atoms. The van der Waals surface area contributed by atoms with Crippen LogP contribution in [0.15, 0.2) is 0 Å². The van der Waals surface area contributed by atoms with Gasteiger partial charge in [0, 0.05) is 26.6 Å². The minimum Gasteiger partial charge on any atom is -0.378 e. The third-order valence-corrected chi connectivity index (χ3v) is 3.99. The fourth-order valence-electron chi connectivity index (χ4n) is 2.67. The van der Waals surface area contributed by atoms with E-state index in [1.165, 1.54) is 6.42 Å². The molecule has 0 radical (unpaired) electrons. The molecule has 2 aliphatic rings. The van der Waals surface area contributed by atoms with Gasteiger partial charge in [-0.25, -0.2) is 0 Å². The monoisotopic (exact) mass is 226 g/mol. The minimum absolute atomic E-state index is 0.104. The van der Waals surface area contributed by atoms with E-state index in [1.54, 1.807) is 7.11 Å². The number of hydrogen-bond acceptors (Lipinski definition) is 3. The Bertz CT molecular complexity index is 234. The third kappa shape index (κ3) is 2.83. The lowest BCUT2D eigenvalue weighted by molar-refractivity contribution is -0.132. The van der Waals surface area contributed by atoms with Crippen LogP contribution in [0.5, 0.6) is 0 Å². The van der Waals surface area contributed by atoms with Gasteiger partial charge in [0.15, 0.2) is 0 Å². The summed E-state index contributed by atoms with van der Waals surface area (Å²) in [5, 5.41) is 0. The molecule has 1 saturated heterocycles. The Morgan fingerprint density at radius 3 is 2.75 bits per heavy atom. The molecule has 0 N–H and O–H groups in total. The molecule has 1 unspecified atom stereocenters. The zero-order valence-corrected chi connectivity index (χ0v) is 10.2. The highest BCUT2D eigenvalue weighted by Crippen LogP contribution is 2.38. The fourth-order valence-corrected chi connectivity index (χ4v) is 2.67. The largest absolute Gasteiger partial charge is 0.378 e. The summed E-state index contributed by atoms with van der Waals surface area (Å²) in [5.74, 6) is 0.344. The van der Waals surface area contributed by atoms with Crippen LogP contribution >= 0.6 is 0 Å². The Labute approximate surface area is 97.5 Å². The van der Waals surface area contributed by atoms with E-state index < -0.39 is 0 Å². The van der Waals surface area contributed by atoms with E-state index in [0.717, 1.165) is 38.7 Å². The minimum atomic E-state index is -0.104. The molecule has 2 fully saturated rings. The van der Waals surface area contributed by atoms with Crippen molar-refractivity contribution in [1.29, 1.82) is 0 Å². The highest BCUT2D eigenvalue weighted by molar-refractivity contribution is 5.79. The molecule has 0 amide bonds. The summed E-state index contributed by atoms with van der Waals surface area (Å²) in [6.45, 7) is 0.876. The van der Waals surface area contributed by atoms with Crippen LogP contribution in [-0.4, -0.2) is 31.2 Å². The van der Waals surface area contributed by atoms with Crippen LogP contribution in [0.3, 0.4) is 0 Å². The number of methoxy groups -OCH3 is 1. The van der Waals surface area contributed by atoms with Crippen LogP contribution in [0.4, 0.5) is 0 Å². The van der Waals surface area contributed by atoms with Gasteiger partial charge in [-0.05, 0) is 38.5 Å². The van der Waals surface area contributed by atoms with Gasteiger partial charge in [0.25, 0.3) is 0 Å². The summed E-state index contributed by atoms with van der Waals surface area (Å²) in [6, 6.07) is 0. The average molecular weight is 226 g/mol. The number of ether oxygens (including phenoxy) is 2. The van der Waals surface area contributed by atoms with Gasteiger partial charge in [-0.15, -0.1) is 0 Å². The second-order valence-electron chi connectivity index (χ2n) is 5.13. The molecule has 1 saturated carbocycles. The second kappa shape index (κ2) is 5.28. The van der Waals surface area contributed by atoms with Gasteiger partial charge >= 0.3 is 0 Å². The molecule has 0 aromatic heterocycles. The van der Waals surface area contributed by atoms with Gasteiger partial charge in [-0.2, -0.15) is 0 Å². The molecule has 1 heterocycles. The maximum atomic E-state index is 11.8. The molecular weight excluding hydrogens is 204 g/mol. The molecule has 2 rings (SSSR count). The highest BCUT2D eigenvalue weighted by Gasteiger charge is 2.38. The van der Waals surface area contributed by atoms with E-state index in [2.05, 4.69) is 0 Å². The smallest absolute Gasteiger partial charge is 0.135 e. The quantitative estimate of drug-likeness (QED) is 0.698. The maximum absolute atomic E-state index is 11.8. The van der Waals surface area contributed by atoms with Crippen molar-refractivity contribution in [3.63, 3.8) is 0 Å². The molecule has 0 spiro atoms. The third-order valence-electron chi connectivity index (χ3n) is 3.99. The molecule has 0 aromatic carbocycles. The van der Waals surface area contributed by atoms with Crippen molar-refractivity contribution < 1.29 is 14.3 Å². The van der Waals surface area contributed by atoms with Crippen molar-refractivity contribution in [3.8, 4) is 0 Å². The average Bonchev–Trinajstić information content (AvgIpc) is 2.73. The summed E-state index contributed by atoms with van der Waals surface area (Å²) in [5.41, 5.74) is -0.104. The first kappa shape index (κ1) is 12.1. The first-order valence-electron chi connectivity index (χ1n) is 6.43. The predicted octanol–water partition coefficient (Wildman–Crippen LogP) is 2.47.